The third-order valence-electron chi connectivity index (χ3n) is 2.53. The number of nitrogens with one attached hydrogen (secondary N) is 1. The minimum Gasteiger partial charge on any atom is -0.494 e. The molecule has 1 aliphatic heterocycles. The topological polar surface area (TPSA) is 38.3 Å². The Hall–Kier alpha value is -1.51. The van der Waals surface area contributed by atoms with Gasteiger partial charge in [0.2, 0.25) is 0 Å². The Bertz CT molecular complexity index is 349. The van der Waals surface area contributed by atoms with Crippen molar-refractivity contribution >= 4 is 12.0 Å². The molecule has 1 N–H and O–H groups in total. The van der Waals surface area contributed by atoms with Gasteiger partial charge in [-0.15, -0.1) is 0 Å². The molecular weight excluding hydrogens is 190 g/mol. The Labute approximate surface area is 89.4 Å². The van der Waals surface area contributed by atoms with Gasteiger partial charge in [-0.3, -0.25) is 0 Å². The fourth-order valence-electron chi connectivity index (χ4n) is 1.72. The van der Waals surface area contributed by atoms with Crippen molar-refractivity contribution in [2.45, 2.75) is 19.3 Å². The maximum atomic E-state index is 10.1. The van der Waals surface area contributed by atoms with Crippen LogP contribution in [-0.2, 0) is 11.2 Å². The SMILES string of the molecule is O=CCCCOc1ccc2c(c1)NCC2. The van der Waals surface area contributed by atoms with E-state index >= 15 is 0 Å². The van der Waals surface area contributed by atoms with Crippen molar-refractivity contribution in [3.63, 3.8) is 0 Å². The van der Waals surface area contributed by atoms with Crippen molar-refractivity contribution in [1.82, 2.24) is 0 Å². The largest absolute Gasteiger partial charge is 0.494 e. The lowest BCUT2D eigenvalue weighted by atomic mass is 10.1. The smallest absolute Gasteiger partial charge is 0.121 e. The van der Waals surface area contributed by atoms with Crippen molar-refractivity contribution < 1.29 is 9.53 Å². The van der Waals surface area contributed by atoms with Crippen LogP contribution >= 0.6 is 0 Å². The van der Waals surface area contributed by atoms with Gasteiger partial charge in [-0.1, -0.05) is 6.07 Å². The fourth-order valence-corrected chi connectivity index (χ4v) is 1.72. The minimum atomic E-state index is 0.573. The molecule has 0 unspecified atom stereocenters. The number of unbranched alkanes of at least 4 members (excludes halogenated alkanes) is 1. The van der Waals surface area contributed by atoms with E-state index in [2.05, 4.69) is 11.4 Å². The average molecular weight is 205 g/mol. The molecular formula is C12H15NO2. The van der Waals surface area contributed by atoms with Crippen LogP contribution in [0.15, 0.2) is 18.2 Å². The molecule has 3 heteroatoms. The molecule has 0 spiro atoms. The minimum absolute atomic E-state index is 0.573. The van der Waals surface area contributed by atoms with Gasteiger partial charge in [-0.05, 0) is 24.5 Å². The number of rotatable bonds is 5. The first-order chi connectivity index (χ1) is 7.40. The normalized spacial score (nSPS) is 13.1. The molecule has 0 fully saturated rings. The van der Waals surface area contributed by atoms with Gasteiger partial charge >= 0.3 is 0 Å². The maximum absolute atomic E-state index is 10.1. The third-order valence-corrected chi connectivity index (χ3v) is 2.53. The van der Waals surface area contributed by atoms with Crippen LogP contribution in [0.5, 0.6) is 5.75 Å². The molecule has 1 heterocycles. The van der Waals surface area contributed by atoms with E-state index in [1.54, 1.807) is 0 Å². The van der Waals surface area contributed by atoms with Crippen molar-refractivity contribution in [1.29, 1.82) is 0 Å². The van der Waals surface area contributed by atoms with Gasteiger partial charge in [0, 0.05) is 24.7 Å². The van der Waals surface area contributed by atoms with Crippen molar-refractivity contribution in [2.75, 3.05) is 18.5 Å². The number of anilines is 1. The Kier molecular flexibility index (Phi) is 3.22. The van der Waals surface area contributed by atoms with Crippen LogP contribution in [0, 0.1) is 0 Å². The molecule has 0 saturated heterocycles. The molecule has 0 saturated carbocycles. The highest BCUT2D eigenvalue weighted by Crippen LogP contribution is 2.26. The number of carbonyl (C=O) groups excluding carboxylic acids is 1. The molecule has 3 nitrogen and oxygen atoms in total. The van der Waals surface area contributed by atoms with Gasteiger partial charge in [0.15, 0.2) is 0 Å². The molecule has 0 amide bonds. The predicted molar refractivity (Wildman–Crippen MR) is 59.4 cm³/mol. The summed E-state index contributed by atoms with van der Waals surface area (Å²) in [6, 6.07) is 6.13. The molecule has 80 valence electrons. The molecule has 0 aromatic heterocycles. The maximum Gasteiger partial charge on any atom is 0.121 e. The Morgan fingerprint density at radius 2 is 2.40 bits per heavy atom. The second-order valence-electron chi connectivity index (χ2n) is 3.65. The Balaban J connectivity index is 1.89. The van der Waals surface area contributed by atoms with Crippen molar-refractivity contribution in [3.8, 4) is 5.75 Å². The highest BCUT2D eigenvalue weighted by molar-refractivity contribution is 5.58. The van der Waals surface area contributed by atoms with Crippen LogP contribution in [0.1, 0.15) is 18.4 Å². The Morgan fingerprint density at radius 3 is 3.27 bits per heavy atom. The van der Waals surface area contributed by atoms with Gasteiger partial charge in [-0.25, -0.2) is 0 Å². The number of hydrogen-bond acceptors (Lipinski definition) is 3. The molecule has 0 radical (unpaired) electrons. The lowest BCUT2D eigenvalue weighted by Gasteiger charge is -2.07. The van der Waals surface area contributed by atoms with Gasteiger partial charge in [0.05, 0.1) is 6.61 Å². The number of carbonyl (C=O) groups is 1. The summed E-state index contributed by atoms with van der Waals surface area (Å²) in [6.07, 6.45) is 3.38. The van der Waals surface area contributed by atoms with Gasteiger partial charge in [0.1, 0.15) is 12.0 Å². The summed E-state index contributed by atoms with van der Waals surface area (Å²) in [4.78, 5) is 10.1. The lowest BCUT2D eigenvalue weighted by Crippen LogP contribution is -1.98. The van der Waals surface area contributed by atoms with Crippen molar-refractivity contribution in [3.05, 3.63) is 23.8 Å². The highest BCUT2D eigenvalue weighted by Gasteiger charge is 2.09. The van der Waals surface area contributed by atoms with Crippen LogP contribution in [0.4, 0.5) is 5.69 Å². The number of ether oxygens (including phenoxy) is 1. The van der Waals surface area contributed by atoms with Crippen LogP contribution < -0.4 is 10.1 Å². The zero-order valence-corrected chi connectivity index (χ0v) is 8.66. The highest BCUT2D eigenvalue weighted by atomic mass is 16.5. The molecule has 1 aromatic rings. The quantitative estimate of drug-likeness (QED) is 0.590. The summed E-state index contributed by atoms with van der Waals surface area (Å²) in [5.74, 6) is 0.883. The predicted octanol–water partition coefficient (Wildman–Crippen LogP) is 2.01. The van der Waals surface area contributed by atoms with Gasteiger partial charge < -0.3 is 14.8 Å². The van der Waals surface area contributed by atoms with Crippen LogP contribution in [-0.4, -0.2) is 19.4 Å². The van der Waals surface area contributed by atoms with E-state index in [0.717, 1.165) is 31.4 Å². The molecule has 0 aliphatic carbocycles. The van der Waals surface area contributed by atoms with E-state index in [4.69, 9.17) is 4.74 Å². The van der Waals surface area contributed by atoms with E-state index in [0.29, 0.717) is 13.0 Å². The van der Waals surface area contributed by atoms with Gasteiger partial charge in [-0.2, -0.15) is 0 Å². The molecule has 0 atom stereocenters. The average Bonchev–Trinajstić information content (AvgIpc) is 2.71. The summed E-state index contributed by atoms with van der Waals surface area (Å²) < 4.78 is 5.53. The van der Waals surface area contributed by atoms with Gasteiger partial charge in [0.25, 0.3) is 0 Å². The monoisotopic (exact) mass is 205 g/mol. The number of hydrogen-bond donors (Lipinski definition) is 1. The molecule has 2 rings (SSSR count). The summed E-state index contributed by atoms with van der Waals surface area (Å²) in [5.41, 5.74) is 2.54. The number of aldehydes is 1. The van der Waals surface area contributed by atoms with Crippen molar-refractivity contribution in [2.24, 2.45) is 0 Å². The summed E-state index contributed by atoms with van der Waals surface area (Å²) in [7, 11) is 0. The van der Waals surface area contributed by atoms with E-state index in [-0.39, 0.29) is 0 Å². The zero-order valence-electron chi connectivity index (χ0n) is 8.66. The fraction of sp³-hybridized carbons (Fsp3) is 0.417. The molecule has 1 aromatic carbocycles. The first kappa shape index (κ1) is 10.0. The second kappa shape index (κ2) is 4.82. The van der Waals surface area contributed by atoms with E-state index in [1.165, 1.54) is 11.3 Å². The first-order valence-electron chi connectivity index (χ1n) is 5.33. The lowest BCUT2D eigenvalue weighted by molar-refractivity contribution is -0.108. The molecule has 0 bridgehead atoms. The van der Waals surface area contributed by atoms with E-state index in [9.17, 15) is 4.79 Å². The standard InChI is InChI=1S/C12H15NO2/c14-7-1-2-8-15-11-4-3-10-5-6-13-12(10)9-11/h3-4,7,9,13H,1-2,5-6,8H2. The zero-order chi connectivity index (χ0) is 10.5. The summed E-state index contributed by atoms with van der Waals surface area (Å²) in [5, 5.41) is 3.31. The molecule has 1 aliphatic rings. The van der Waals surface area contributed by atoms with Crippen LogP contribution in [0.3, 0.4) is 0 Å². The molecule has 15 heavy (non-hydrogen) atoms. The number of benzene rings is 1. The van der Waals surface area contributed by atoms with E-state index < -0.39 is 0 Å². The second-order valence-corrected chi connectivity index (χ2v) is 3.65. The first-order valence-corrected chi connectivity index (χ1v) is 5.33. The van der Waals surface area contributed by atoms with E-state index in [1.807, 2.05) is 12.1 Å². The van der Waals surface area contributed by atoms with Crippen LogP contribution in [0.25, 0.3) is 0 Å². The Morgan fingerprint density at radius 1 is 1.47 bits per heavy atom. The van der Waals surface area contributed by atoms with Crippen LogP contribution in [0.2, 0.25) is 0 Å². The number of fused-ring (bicyclic) bond motifs is 1. The summed E-state index contributed by atoms with van der Waals surface area (Å²) in [6.45, 7) is 1.63. The summed E-state index contributed by atoms with van der Waals surface area (Å²) >= 11 is 0. The third kappa shape index (κ3) is 2.49.